The Balaban J connectivity index is 1.54. The molecule has 2 aliphatic heterocycles. The molecule has 0 amide bonds. The van der Waals surface area contributed by atoms with Gasteiger partial charge >= 0.3 is 0 Å². The number of hydrogen-bond acceptors (Lipinski definition) is 6. The molecular weight excluding hydrogens is 334 g/mol. The zero-order chi connectivity index (χ0) is 18.1. The summed E-state index contributed by atoms with van der Waals surface area (Å²) in [6.07, 6.45) is 0.932. The molecule has 4 rings (SSSR count). The average Bonchev–Trinajstić information content (AvgIpc) is 2.67. The minimum atomic E-state index is 0.243. The van der Waals surface area contributed by atoms with Crippen LogP contribution in [-0.4, -0.2) is 44.0 Å². The molecule has 0 bridgehead atoms. The third kappa shape index (κ3) is 3.12. The fourth-order valence-corrected chi connectivity index (χ4v) is 3.56. The number of benzene rings is 2. The Morgan fingerprint density at radius 2 is 1.62 bits per heavy atom. The second-order valence-corrected chi connectivity index (χ2v) is 6.56. The number of aromatic hydroxyl groups is 1. The molecule has 0 spiro atoms. The molecule has 2 aliphatic rings. The molecule has 0 unspecified atom stereocenters. The molecule has 0 aromatic heterocycles. The van der Waals surface area contributed by atoms with Crippen molar-refractivity contribution in [2.75, 3.05) is 34.0 Å². The van der Waals surface area contributed by atoms with Gasteiger partial charge in [-0.1, -0.05) is 0 Å². The van der Waals surface area contributed by atoms with Gasteiger partial charge in [-0.3, -0.25) is 4.90 Å². The third-order valence-corrected chi connectivity index (χ3v) is 4.93. The van der Waals surface area contributed by atoms with Crippen LogP contribution in [0.4, 0.5) is 0 Å². The summed E-state index contributed by atoms with van der Waals surface area (Å²) in [6.45, 7) is 3.41. The van der Waals surface area contributed by atoms with Crippen molar-refractivity contribution in [1.29, 1.82) is 0 Å². The van der Waals surface area contributed by atoms with E-state index in [1.54, 1.807) is 20.3 Å². The van der Waals surface area contributed by atoms with Gasteiger partial charge in [-0.05, 0) is 35.7 Å². The fraction of sp³-hybridized carbons (Fsp3) is 0.400. The van der Waals surface area contributed by atoms with E-state index in [1.165, 1.54) is 11.1 Å². The first kappa shape index (κ1) is 16.8. The molecular formula is C20H23NO5. The Bertz CT molecular complexity index is 820. The van der Waals surface area contributed by atoms with Gasteiger partial charge in [0.1, 0.15) is 19.0 Å². The lowest BCUT2D eigenvalue weighted by atomic mass is 9.98. The van der Waals surface area contributed by atoms with Gasteiger partial charge in [0.05, 0.1) is 14.2 Å². The number of fused-ring (bicyclic) bond motifs is 2. The average molecular weight is 357 g/mol. The van der Waals surface area contributed by atoms with Gasteiger partial charge in [-0.2, -0.15) is 0 Å². The van der Waals surface area contributed by atoms with Crippen LogP contribution < -0.4 is 18.9 Å². The number of phenols is 1. The van der Waals surface area contributed by atoms with Crippen molar-refractivity contribution >= 4 is 0 Å². The van der Waals surface area contributed by atoms with Gasteiger partial charge in [0, 0.05) is 31.3 Å². The van der Waals surface area contributed by atoms with Gasteiger partial charge in [-0.25, -0.2) is 0 Å². The van der Waals surface area contributed by atoms with Crippen LogP contribution in [0.25, 0.3) is 0 Å². The molecule has 0 saturated carbocycles. The maximum atomic E-state index is 10.3. The summed E-state index contributed by atoms with van der Waals surface area (Å²) in [4.78, 5) is 2.30. The maximum absolute atomic E-state index is 10.3. The molecule has 138 valence electrons. The number of ether oxygens (including phenoxy) is 4. The predicted octanol–water partition coefficient (Wildman–Crippen LogP) is 2.74. The van der Waals surface area contributed by atoms with E-state index in [4.69, 9.17) is 18.9 Å². The van der Waals surface area contributed by atoms with E-state index in [-0.39, 0.29) is 5.75 Å². The second kappa shape index (κ2) is 6.96. The highest BCUT2D eigenvalue weighted by Crippen LogP contribution is 2.38. The molecule has 2 heterocycles. The van der Waals surface area contributed by atoms with Crippen molar-refractivity contribution < 1.29 is 24.1 Å². The van der Waals surface area contributed by atoms with Crippen molar-refractivity contribution in [3.05, 3.63) is 41.0 Å². The molecule has 26 heavy (non-hydrogen) atoms. The smallest absolute Gasteiger partial charge is 0.165 e. The Hall–Kier alpha value is -2.60. The van der Waals surface area contributed by atoms with Crippen molar-refractivity contribution in [2.24, 2.45) is 0 Å². The van der Waals surface area contributed by atoms with Crippen LogP contribution >= 0.6 is 0 Å². The van der Waals surface area contributed by atoms with E-state index in [1.807, 2.05) is 12.1 Å². The first-order valence-corrected chi connectivity index (χ1v) is 8.75. The zero-order valence-electron chi connectivity index (χ0n) is 15.1. The van der Waals surface area contributed by atoms with Crippen LogP contribution in [0.15, 0.2) is 24.3 Å². The standard InChI is InChI=1S/C20H23NO5/c1-23-17-7-13-3-4-21(11-14(13)8-18(17)24-2)12-15-9-19-20(10-16(15)22)26-6-5-25-19/h7-10,22H,3-6,11-12H2,1-2H3. The molecule has 0 radical (unpaired) electrons. The Morgan fingerprint density at radius 1 is 0.962 bits per heavy atom. The van der Waals surface area contributed by atoms with Crippen LogP contribution in [0, 0.1) is 0 Å². The number of nitrogens with zero attached hydrogens (tertiary/aromatic N) is 1. The van der Waals surface area contributed by atoms with Crippen molar-refractivity contribution in [1.82, 2.24) is 4.90 Å². The SMILES string of the molecule is COc1cc2c(cc1OC)CN(Cc1cc3c(cc1O)OCCO3)CC2. The van der Waals surface area contributed by atoms with Crippen molar-refractivity contribution in [2.45, 2.75) is 19.5 Å². The molecule has 0 saturated heterocycles. The van der Waals surface area contributed by atoms with Crippen LogP contribution in [0.2, 0.25) is 0 Å². The number of rotatable bonds is 4. The largest absolute Gasteiger partial charge is 0.507 e. The van der Waals surface area contributed by atoms with E-state index in [2.05, 4.69) is 11.0 Å². The lowest BCUT2D eigenvalue weighted by Gasteiger charge is -2.30. The summed E-state index contributed by atoms with van der Waals surface area (Å²) in [5.41, 5.74) is 3.36. The minimum Gasteiger partial charge on any atom is -0.507 e. The van der Waals surface area contributed by atoms with Crippen molar-refractivity contribution in [3.8, 4) is 28.7 Å². The highest BCUT2D eigenvalue weighted by molar-refractivity contribution is 5.51. The van der Waals surface area contributed by atoms with Crippen LogP contribution in [0.5, 0.6) is 28.7 Å². The Labute approximate surface area is 152 Å². The normalized spacial score (nSPS) is 16.1. The summed E-state index contributed by atoms with van der Waals surface area (Å²) in [6, 6.07) is 7.64. The van der Waals surface area contributed by atoms with Crippen LogP contribution in [0.1, 0.15) is 16.7 Å². The summed E-state index contributed by atoms with van der Waals surface area (Å²) in [7, 11) is 3.31. The number of methoxy groups -OCH3 is 2. The third-order valence-electron chi connectivity index (χ3n) is 4.93. The summed E-state index contributed by atoms with van der Waals surface area (Å²) >= 11 is 0. The topological polar surface area (TPSA) is 60.4 Å². The van der Waals surface area contributed by atoms with Gasteiger partial charge in [-0.15, -0.1) is 0 Å². The number of phenolic OH excluding ortho intramolecular Hbond substituents is 1. The van der Waals surface area contributed by atoms with E-state index >= 15 is 0 Å². The van der Waals surface area contributed by atoms with Gasteiger partial charge in [0.15, 0.2) is 23.0 Å². The van der Waals surface area contributed by atoms with Gasteiger partial charge in [0.25, 0.3) is 0 Å². The first-order valence-electron chi connectivity index (χ1n) is 8.75. The number of hydrogen-bond donors (Lipinski definition) is 1. The van der Waals surface area contributed by atoms with E-state index in [0.717, 1.165) is 36.6 Å². The molecule has 0 fully saturated rings. The molecule has 0 aliphatic carbocycles. The van der Waals surface area contributed by atoms with E-state index in [0.29, 0.717) is 31.3 Å². The quantitative estimate of drug-likeness (QED) is 0.908. The van der Waals surface area contributed by atoms with Gasteiger partial charge in [0.2, 0.25) is 0 Å². The van der Waals surface area contributed by atoms with Gasteiger partial charge < -0.3 is 24.1 Å². The molecule has 1 N–H and O–H groups in total. The molecule has 6 heteroatoms. The monoisotopic (exact) mass is 357 g/mol. The van der Waals surface area contributed by atoms with Crippen LogP contribution in [0.3, 0.4) is 0 Å². The molecule has 6 nitrogen and oxygen atoms in total. The van der Waals surface area contributed by atoms with Crippen LogP contribution in [-0.2, 0) is 19.5 Å². The molecule has 2 aromatic carbocycles. The highest BCUT2D eigenvalue weighted by atomic mass is 16.6. The summed E-state index contributed by atoms with van der Waals surface area (Å²) in [5, 5.41) is 10.3. The lowest BCUT2D eigenvalue weighted by molar-refractivity contribution is 0.170. The second-order valence-electron chi connectivity index (χ2n) is 6.56. The lowest BCUT2D eigenvalue weighted by Crippen LogP contribution is -2.30. The zero-order valence-corrected chi connectivity index (χ0v) is 15.1. The maximum Gasteiger partial charge on any atom is 0.165 e. The molecule has 2 aromatic rings. The molecule has 0 atom stereocenters. The Morgan fingerprint density at radius 3 is 2.31 bits per heavy atom. The minimum absolute atomic E-state index is 0.243. The Kier molecular flexibility index (Phi) is 4.51. The van der Waals surface area contributed by atoms with Crippen molar-refractivity contribution in [3.63, 3.8) is 0 Å². The highest BCUT2D eigenvalue weighted by Gasteiger charge is 2.22. The summed E-state index contributed by atoms with van der Waals surface area (Å²) < 4.78 is 22.0. The predicted molar refractivity (Wildman–Crippen MR) is 96.5 cm³/mol. The van der Waals surface area contributed by atoms with E-state index in [9.17, 15) is 5.11 Å². The first-order chi connectivity index (χ1) is 12.7. The fourth-order valence-electron chi connectivity index (χ4n) is 3.56. The van der Waals surface area contributed by atoms with E-state index < -0.39 is 0 Å². The summed E-state index contributed by atoms with van der Waals surface area (Å²) in [5.74, 6) is 3.07.